The number of hydrogen-bond acceptors (Lipinski definition) is 5. The maximum atomic E-state index is 12.5. The number of benzene rings is 1. The Morgan fingerprint density at radius 2 is 1.72 bits per heavy atom. The van der Waals surface area contributed by atoms with E-state index in [0.29, 0.717) is 0 Å². The maximum absolute atomic E-state index is 12.5. The topological polar surface area (TPSA) is 89.5 Å². The first-order valence-electron chi connectivity index (χ1n) is 7.85. The number of rotatable bonds is 6. The van der Waals surface area contributed by atoms with E-state index in [1.54, 1.807) is 0 Å². The molecule has 0 aromatic heterocycles. The molecular formula is C16H19F2NO5S. The van der Waals surface area contributed by atoms with Crippen LogP contribution in [-0.2, 0) is 19.4 Å². The van der Waals surface area contributed by atoms with Crippen LogP contribution in [0.25, 0.3) is 0 Å². The molecule has 1 amide bonds. The third-order valence-electron chi connectivity index (χ3n) is 4.01. The normalized spacial score (nSPS) is 16.6. The molecule has 0 bridgehead atoms. The van der Waals surface area contributed by atoms with Crippen molar-refractivity contribution in [2.24, 2.45) is 0 Å². The van der Waals surface area contributed by atoms with Gasteiger partial charge < -0.3 is 10.1 Å². The van der Waals surface area contributed by atoms with Crippen molar-refractivity contribution in [1.29, 1.82) is 0 Å². The Hall–Kier alpha value is -2.03. The predicted molar refractivity (Wildman–Crippen MR) is 84.9 cm³/mol. The number of nitrogens with one attached hydrogen (secondary N) is 1. The number of carbonyl (C=O) groups excluding carboxylic acids is 2. The van der Waals surface area contributed by atoms with Gasteiger partial charge in [0.15, 0.2) is 6.10 Å². The minimum absolute atomic E-state index is 0.0336. The van der Waals surface area contributed by atoms with Gasteiger partial charge in [0, 0.05) is 6.04 Å². The summed E-state index contributed by atoms with van der Waals surface area (Å²) in [6.07, 6.45) is 2.87. The second-order valence-corrected chi connectivity index (χ2v) is 7.79. The van der Waals surface area contributed by atoms with Gasteiger partial charge in [0.05, 0.1) is 10.5 Å². The molecule has 0 saturated heterocycles. The zero-order chi connectivity index (χ0) is 18.6. The lowest BCUT2D eigenvalue weighted by molar-refractivity contribution is -0.129. The summed E-state index contributed by atoms with van der Waals surface area (Å²) < 4.78 is 52.6. The largest absolute Gasteiger partial charge is 0.449 e. The Morgan fingerprint density at radius 1 is 1.16 bits per heavy atom. The quantitative estimate of drug-likeness (QED) is 0.771. The van der Waals surface area contributed by atoms with Gasteiger partial charge >= 0.3 is 11.7 Å². The number of sulfone groups is 1. The fraction of sp³-hybridized carbons (Fsp3) is 0.500. The van der Waals surface area contributed by atoms with Crippen LogP contribution in [-0.4, -0.2) is 38.2 Å². The molecule has 0 heterocycles. The number of ether oxygens (including phenoxy) is 1. The van der Waals surface area contributed by atoms with Gasteiger partial charge in [-0.15, -0.1) is 0 Å². The van der Waals surface area contributed by atoms with Crippen molar-refractivity contribution >= 4 is 21.7 Å². The van der Waals surface area contributed by atoms with Crippen LogP contribution in [0.3, 0.4) is 0 Å². The number of carbonyl (C=O) groups is 2. The Kier molecular flexibility index (Phi) is 6.10. The van der Waals surface area contributed by atoms with Crippen LogP contribution < -0.4 is 5.32 Å². The minimum atomic E-state index is -4.72. The van der Waals surface area contributed by atoms with E-state index < -0.39 is 38.5 Å². The van der Waals surface area contributed by atoms with Crippen LogP contribution >= 0.6 is 0 Å². The number of alkyl halides is 2. The van der Waals surface area contributed by atoms with Crippen molar-refractivity contribution < 1.29 is 31.5 Å². The average molecular weight is 375 g/mol. The fourth-order valence-corrected chi connectivity index (χ4v) is 3.28. The molecule has 0 aliphatic heterocycles. The van der Waals surface area contributed by atoms with E-state index in [4.69, 9.17) is 4.74 Å². The molecule has 25 heavy (non-hydrogen) atoms. The molecule has 1 unspecified atom stereocenters. The zero-order valence-electron chi connectivity index (χ0n) is 13.6. The minimum Gasteiger partial charge on any atom is -0.449 e. The lowest BCUT2D eigenvalue weighted by atomic mass is 10.2. The van der Waals surface area contributed by atoms with E-state index in [1.165, 1.54) is 6.92 Å². The summed E-state index contributed by atoms with van der Waals surface area (Å²) in [5, 5.41) is 2.80. The van der Waals surface area contributed by atoms with Gasteiger partial charge in [-0.25, -0.2) is 13.2 Å². The molecule has 1 saturated carbocycles. The number of hydrogen-bond donors (Lipinski definition) is 1. The third kappa shape index (κ3) is 4.75. The second-order valence-electron chi connectivity index (χ2n) is 5.87. The predicted octanol–water partition coefficient (Wildman–Crippen LogP) is 2.29. The fourth-order valence-electron chi connectivity index (χ4n) is 2.55. The molecule has 1 aromatic carbocycles. The van der Waals surface area contributed by atoms with Gasteiger partial charge in [-0.2, -0.15) is 8.78 Å². The molecule has 2 rings (SSSR count). The number of amides is 1. The molecule has 1 atom stereocenters. The van der Waals surface area contributed by atoms with Gasteiger partial charge in [-0.1, -0.05) is 12.8 Å². The monoisotopic (exact) mass is 375 g/mol. The summed E-state index contributed by atoms with van der Waals surface area (Å²) in [5.41, 5.74) is -0.0336. The van der Waals surface area contributed by atoms with Crippen LogP contribution in [0.1, 0.15) is 43.0 Å². The molecule has 6 nitrogen and oxygen atoms in total. The molecule has 9 heteroatoms. The summed E-state index contributed by atoms with van der Waals surface area (Å²) in [7, 11) is -4.72. The van der Waals surface area contributed by atoms with Gasteiger partial charge in [0.1, 0.15) is 0 Å². The highest BCUT2D eigenvalue weighted by Gasteiger charge is 2.27. The first-order chi connectivity index (χ1) is 11.7. The molecule has 1 aliphatic carbocycles. The SMILES string of the molecule is CC(OC(=O)c1ccc(S(=O)(=O)C(F)F)cc1)C(=O)NC1CCCC1. The van der Waals surface area contributed by atoms with Gasteiger partial charge in [-0.3, -0.25) is 4.79 Å². The maximum Gasteiger partial charge on any atom is 0.341 e. The van der Waals surface area contributed by atoms with Crippen molar-refractivity contribution in [2.75, 3.05) is 0 Å². The van der Waals surface area contributed by atoms with Gasteiger partial charge in [0.25, 0.3) is 5.91 Å². The van der Waals surface area contributed by atoms with Gasteiger partial charge in [-0.05, 0) is 44.0 Å². The highest BCUT2D eigenvalue weighted by atomic mass is 32.2. The van der Waals surface area contributed by atoms with E-state index in [1.807, 2.05) is 0 Å². The van der Waals surface area contributed by atoms with Crippen LogP contribution in [0.4, 0.5) is 8.78 Å². The van der Waals surface area contributed by atoms with E-state index in [9.17, 15) is 26.8 Å². The summed E-state index contributed by atoms with van der Waals surface area (Å²) in [6, 6.07) is 4.04. The first kappa shape index (κ1) is 19.3. The van der Waals surface area contributed by atoms with Gasteiger partial charge in [0.2, 0.25) is 9.84 Å². The molecule has 1 fully saturated rings. The Balaban J connectivity index is 1.97. The highest BCUT2D eigenvalue weighted by Crippen LogP contribution is 2.20. The lowest BCUT2D eigenvalue weighted by Crippen LogP contribution is -2.40. The molecule has 138 valence electrons. The standard InChI is InChI=1S/C16H19F2NO5S/c1-10(14(20)19-12-4-2-3-5-12)24-15(21)11-6-8-13(9-7-11)25(22,23)16(17)18/h6-10,12,16H,2-5H2,1H3,(H,19,20). The van der Waals surface area contributed by atoms with Crippen molar-refractivity contribution in [3.05, 3.63) is 29.8 Å². The lowest BCUT2D eigenvalue weighted by Gasteiger charge is -2.17. The Bertz CT molecular complexity index is 727. The Labute approximate surface area is 144 Å². The van der Waals surface area contributed by atoms with Crippen LogP contribution in [0, 0.1) is 0 Å². The van der Waals surface area contributed by atoms with Crippen LogP contribution in [0.5, 0.6) is 0 Å². The highest BCUT2D eigenvalue weighted by molar-refractivity contribution is 7.91. The van der Waals surface area contributed by atoms with Crippen molar-refractivity contribution in [3.8, 4) is 0 Å². The number of halogens is 2. The molecule has 1 aliphatic rings. The summed E-state index contributed by atoms with van der Waals surface area (Å²) in [4.78, 5) is 23.4. The van der Waals surface area contributed by atoms with E-state index >= 15 is 0 Å². The molecule has 0 spiro atoms. The van der Waals surface area contributed by atoms with E-state index in [0.717, 1.165) is 49.9 Å². The first-order valence-corrected chi connectivity index (χ1v) is 9.40. The smallest absolute Gasteiger partial charge is 0.341 e. The molecule has 1 N–H and O–H groups in total. The van der Waals surface area contributed by atoms with Crippen molar-refractivity contribution in [2.45, 2.75) is 55.4 Å². The number of esters is 1. The van der Waals surface area contributed by atoms with Crippen molar-refractivity contribution in [1.82, 2.24) is 5.32 Å². The zero-order valence-corrected chi connectivity index (χ0v) is 14.4. The average Bonchev–Trinajstić information content (AvgIpc) is 3.07. The third-order valence-corrected chi connectivity index (χ3v) is 5.41. The summed E-state index contributed by atoms with van der Waals surface area (Å²) >= 11 is 0. The van der Waals surface area contributed by atoms with Crippen LogP contribution in [0.15, 0.2) is 29.2 Å². The van der Waals surface area contributed by atoms with Crippen LogP contribution in [0.2, 0.25) is 0 Å². The summed E-state index contributed by atoms with van der Waals surface area (Å²) in [6.45, 7) is 1.43. The molecular weight excluding hydrogens is 356 g/mol. The molecule has 0 radical (unpaired) electrons. The Morgan fingerprint density at radius 3 is 2.24 bits per heavy atom. The molecule has 1 aromatic rings. The van der Waals surface area contributed by atoms with Crippen molar-refractivity contribution in [3.63, 3.8) is 0 Å². The van der Waals surface area contributed by atoms with E-state index in [-0.39, 0.29) is 11.6 Å². The second kappa shape index (κ2) is 7.90. The van der Waals surface area contributed by atoms with E-state index in [2.05, 4.69) is 5.32 Å². The summed E-state index contributed by atoms with van der Waals surface area (Å²) in [5.74, 6) is -4.78.